The first-order valence-electron chi connectivity index (χ1n) is 9.84. The van der Waals surface area contributed by atoms with Crippen LogP contribution in [0.2, 0.25) is 0 Å². The molecule has 1 aliphatic heterocycles. The topological polar surface area (TPSA) is 92.8 Å². The minimum atomic E-state index is -2.05. The van der Waals surface area contributed by atoms with Crippen molar-refractivity contribution in [2.45, 2.75) is 37.4 Å². The molecule has 2 amide bonds. The van der Waals surface area contributed by atoms with E-state index in [-0.39, 0.29) is 0 Å². The lowest BCUT2D eigenvalue weighted by Gasteiger charge is -2.48. The maximum Gasteiger partial charge on any atom is 0.334 e. The van der Waals surface area contributed by atoms with Crippen LogP contribution in [0, 0.1) is 0 Å². The Morgan fingerprint density at radius 3 is 1.97 bits per heavy atom. The number of β-lactam (4-membered cyclic amide) rings is 1. The summed E-state index contributed by atoms with van der Waals surface area (Å²) in [6.07, 6.45) is -0.728. The van der Waals surface area contributed by atoms with Gasteiger partial charge in [-0.25, -0.2) is 9.00 Å². The van der Waals surface area contributed by atoms with Gasteiger partial charge in [-0.3, -0.25) is 9.59 Å². The fourth-order valence-corrected chi connectivity index (χ4v) is 4.99. The van der Waals surface area contributed by atoms with Crippen molar-refractivity contribution in [3.63, 3.8) is 0 Å². The standard InChI is InChI=1S/C23H23ClN2O5S/c1-14(2)19(26-21(28)18(25-15(3)27)22(26)32(24)30)23(29)31-20(16-10-6-4-7-11-16)17-12-8-5-9-13-17/h4-13,18-20,22H,1H2,2-3H3,(H,25,27). The molecule has 1 heterocycles. The van der Waals surface area contributed by atoms with Crippen LogP contribution in [0.3, 0.4) is 0 Å². The number of benzene rings is 2. The highest BCUT2D eigenvalue weighted by Crippen LogP contribution is 2.33. The molecule has 3 rings (SSSR count). The van der Waals surface area contributed by atoms with Crippen LogP contribution in [0.25, 0.3) is 0 Å². The van der Waals surface area contributed by atoms with Crippen LogP contribution in [0.15, 0.2) is 72.8 Å². The van der Waals surface area contributed by atoms with Gasteiger partial charge < -0.3 is 15.0 Å². The number of nitrogens with zero attached hydrogens (tertiary/aromatic N) is 1. The van der Waals surface area contributed by atoms with E-state index in [9.17, 15) is 18.6 Å². The van der Waals surface area contributed by atoms with Crippen molar-refractivity contribution in [3.05, 3.63) is 83.9 Å². The Balaban J connectivity index is 1.92. The number of halogens is 1. The normalized spacial score (nSPS) is 19.6. The average molecular weight is 475 g/mol. The molecule has 0 aromatic heterocycles. The van der Waals surface area contributed by atoms with Crippen LogP contribution in [-0.2, 0) is 29.1 Å². The third kappa shape index (κ3) is 4.92. The fraction of sp³-hybridized carbons (Fsp3) is 0.261. The van der Waals surface area contributed by atoms with Gasteiger partial charge in [0.1, 0.15) is 16.1 Å². The Kier molecular flexibility index (Phi) is 7.48. The van der Waals surface area contributed by atoms with E-state index >= 15 is 0 Å². The predicted molar refractivity (Wildman–Crippen MR) is 122 cm³/mol. The summed E-state index contributed by atoms with van der Waals surface area (Å²) in [6.45, 7) is 6.63. The number of rotatable bonds is 8. The van der Waals surface area contributed by atoms with Gasteiger partial charge in [0.15, 0.2) is 17.5 Å². The first-order valence-corrected chi connectivity index (χ1v) is 11.9. The number of nitrogens with one attached hydrogen (secondary N) is 1. The molecular weight excluding hydrogens is 452 g/mol. The molecule has 1 fully saturated rings. The van der Waals surface area contributed by atoms with Gasteiger partial charge in [-0.1, -0.05) is 67.2 Å². The van der Waals surface area contributed by atoms with Gasteiger partial charge >= 0.3 is 5.97 Å². The second kappa shape index (κ2) is 10.1. The van der Waals surface area contributed by atoms with E-state index in [2.05, 4.69) is 11.9 Å². The Morgan fingerprint density at radius 2 is 1.56 bits per heavy atom. The number of amides is 2. The molecule has 1 N–H and O–H groups in total. The number of hydrogen-bond acceptors (Lipinski definition) is 5. The highest BCUT2D eigenvalue weighted by Gasteiger charge is 2.56. The van der Waals surface area contributed by atoms with E-state index in [1.54, 1.807) is 6.92 Å². The minimum Gasteiger partial charge on any atom is -0.451 e. The number of ether oxygens (including phenoxy) is 1. The quantitative estimate of drug-likeness (QED) is 0.275. The van der Waals surface area contributed by atoms with Gasteiger partial charge in [0.25, 0.3) is 0 Å². The molecule has 7 nitrogen and oxygen atoms in total. The van der Waals surface area contributed by atoms with Gasteiger partial charge in [0.2, 0.25) is 11.8 Å². The minimum absolute atomic E-state index is 0.316. The summed E-state index contributed by atoms with van der Waals surface area (Å²) in [5.74, 6) is -1.80. The number of carbonyl (C=O) groups excluding carboxylic acids is 3. The third-order valence-electron chi connectivity index (χ3n) is 5.04. The lowest BCUT2D eigenvalue weighted by molar-refractivity contribution is -0.165. The lowest BCUT2D eigenvalue weighted by atomic mass is 9.98. The van der Waals surface area contributed by atoms with Crippen molar-refractivity contribution in [1.82, 2.24) is 10.2 Å². The molecule has 4 unspecified atom stereocenters. The molecule has 168 valence electrons. The fourth-order valence-electron chi connectivity index (χ4n) is 3.63. The van der Waals surface area contributed by atoms with Gasteiger partial charge in [0.05, 0.1) is 0 Å². The van der Waals surface area contributed by atoms with Crippen molar-refractivity contribution in [3.8, 4) is 0 Å². The SMILES string of the molecule is C=C(C)C(C(=O)OC(c1ccccc1)c1ccccc1)N1C(=O)C(NC(C)=O)C1S(=O)Cl. The Labute approximate surface area is 193 Å². The van der Waals surface area contributed by atoms with E-state index in [1.165, 1.54) is 6.92 Å². The number of likely N-dealkylation sites (tertiary alicyclic amines) is 1. The summed E-state index contributed by atoms with van der Waals surface area (Å²) >= 11 is 0. The summed E-state index contributed by atoms with van der Waals surface area (Å²) in [5, 5.41) is 1.34. The van der Waals surface area contributed by atoms with Crippen molar-refractivity contribution in [1.29, 1.82) is 0 Å². The predicted octanol–water partition coefficient (Wildman–Crippen LogP) is 2.84. The number of carbonyl (C=O) groups is 3. The van der Waals surface area contributed by atoms with Crippen LogP contribution in [0.4, 0.5) is 0 Å². The van der Waals surface area contributed by atoms with E-state index in [0.717, 1.165) is 16.0 Å². The zero-order valence-corrected chi connectivity index (χ0v) is 19.1. The maximum absolute atomic E-state index is 13.3. The largest absolute Gasteiger partial charge is 0.451 e. The first kappa shape index (κ1) is 23.7. The monoisotopic (exact) mass is 474 g/mol. The van der Waals surface area contributed by atoms with Gasteiger partial charge in [-0.15, -0.1) is 0 Å². The molecule has 0 bridgehead atoms. The Bertz CT molecular complexity index is 1010. The van der Waals surface area contributed by atoms with Crippen molar-refractivity contribution in [2.75, 3.05) is 0 Å². The molecule has 0 spiro atoms. The average Bonchev–Trinajstić information content (AvgIpc) is 2.76. The van der Waals surface area contributed by atoms with Gasteiger partial charge in [-0.2, -0.15) is 0 Å². The maximum atomic E-state index is 13.3. The summed E-state index contributed by atoms with van der Waals surface area (Å²) in [7, 11) is 3.77. The van der Waals surface area contributed by atoms with Crippen LogP contribution in [0.1, 0.15) is 31.1 Å². The van der Waals surface area contributed by atoms with Crippen molar-refractivity contribution in [2.24, 2.45) is 0 Å². The molecule has 2 aromatic carbocycles. The summed E-state index contributed by atoms with van der Waals surface area (Å²) in [6, 6.07) is 16.1. The molecule has 9 heteroatoms. The smallest absolute Gasteiger partial charge is 0.334 e. The second-order valence-corrected chi connectivity index (χ2v) is 9.34. The molecule has 1 aliphatic rings. The number of esters is 1. The highest BCUT2D eigenvalue weighted by atomic mass is 35.7. The zero-order valence-electron chi connectivity index (χ0n) is 17.6. The van der Waals surface area contributed by atoms with Crippen LogP contribution >= 0.6 is 10.7 Å². The van der Waals surface area contributed by atoms with E-state index < -0.39 is 51.4 Å². The second-order valence-electron chi connectivity index (χ2n) is 7.45. The molecule has 32 heavy (non-hydrogen) atoms. The highest BCUT2D eigenvalue weighted by molar-refractivity contribution is 8.08. The zero-order chi connectivity index (χ0) is 23.4. The third-order valence-corrected chi connectivity index (χ3v) is 6.46. The Morgan fingerprint density at radius 1 is 1.06 bits per heavy atom. The van der Waals surface area contributed by atoms with E-state index in [1.807, 2.05) is 60.7 Å². The number of hydrogen-bond donors (Lipinski definition) is 1. The van der Waals surface area contributed by atoms with Gasteiger partial charge in [-0.05, 0) is 34.3 Å². The molecule has 2 aromatic rings. The molecule has 0 radical (unpaired) electrons. The molecule has 1 saturated heterocycles. The van der Waals surface area contributed by atoms with Crippen molar-refractivity contribution >= 4 is 38.5 Å². The molecule has 0 saturated carbocycles. The van der Waals surface area contributed by atoms with E-state index in [0.29, 0.717) is 5.57 Å². The molecule has 4 atom stereocenters. The molecular formula is C23H23ClN2O5S. The van der Waals surface area contributed by atoms with Crippen molar-refractivity contribution < 1.29 is 23.3 Å². The summed E-state index contributed by atoms with van der Waals surface area (Å²) < 4.78 is 18.0. The lowest BCUT2D eigenvalue weighted by Crippen LogP contribution is -2.74. The summed E-state index contributed by atoms with van der Waals surface area (Å²) in [5.41, 5.74) is 1.81. The first-order chi connectivity index (χ1) is 15.2. The van der Waals surface area contributed by atoms with E-state index in [4.69, 9.17) is 15.4 Å². The van der Waals surface area contributed by atoms with Crippen LogP contribution in [-0.4, -0.2) is 44.4 Å². The van der Waals surface area contributed by atoms with Crippen LogP contribution in [0.5, 0.6) is 0 Å². The van der Waals surface area contributed by atoms with Crippen LogP contribution < -0.4 is 5.32 Å². The summed E-state index contributed by atoms with van der Waals surface area (Å²) in [4.78, 5) is 38.6. The van der Waals surface area contributed by atoms with Gasteiger partial charge in [0, 0.05) is 6.92 Å². The molecule has 0 aliphatic carbocycles. The Hall–Kier alpha value is -2.97.